The minimum absolute atomic E-state index is 0.235. The summed E-state index contributed by atoms with van der Waals surface area (Å²) in [5.74, 6) is 0.346. The number of hydrazone groups is 1. The topological polar surface area (TPSA) is 18.8 Å². The van der Waals surface area contributed by atoms with E-state index in [0.717, 1.165) is 28.7 Å². The molecule has 1 fully saturated rings. The van der Waals surface area contributed by atoms with Crippen LogP contribution in [0.2, 0.25) is 10.0 Å². The Morgan fingerprint density at radius 2 is 1.58 bits per heavy atom. The fourth-order valence-corrected chi connectivity index (χ4v) is 4.22. The van der Waals surface area contributed by atoms with E-state index in [1.165, 1.54) is 16.8 Å². The number of benzene rings is 2. The van der Waals surface area contributed by atoms with Gasteiger partial charge in [0.25, 0.3) is 0 Å². The molecule has 4 rings (SSSR count). The quantitative estimate of drug-likeness (QED) is 0.725. The van der Waals surface area contributed by atoms with Gasteiger partial charge in [0.1, 0.15) is 0 Å². The van der Waals surface area contributed by atoms with Crippen molar-refractivity contribution >= 4 is 35.0 Å². The maximum absolute atomic E-state index is 6.07. The van der Waals surface area contributed by atoms with E-state index < -0.39 is 0 Å². The molecule has 0 bridgehead atoms. The summed E-state index contributed by atoms with van der Waals surface area (Å²) in [6.45, 7) is 1.90. The maximum atomic E-state index is 6.07. The van der Waals surface area contributed by atoms with Crippen LogP contribution in [-0.4, -0.2) is 42.8 Å². The molecule has 0 N–H and O–H groups in total. The highest BCUT2D eigenvalue weighted by Gasteiger charge is 2.41. The molecule has 2 atom stereocenters. The lowest BCUT2D eigenvalue weighted by molar-refractivity contribution is 0.211. The third-order valence-corrected chi connectivity index (χ3v) is 5.60. The summed E-state index contributed by atoms with van der Waals surface area (Å²) in [5.41, 5.74) is 4.87. The van der Waals surface area contributed by atoms with Gasteiger partial charge >= 0.3 is 0 Å². The Hall–Kier alpha value is -1.81. The molecule has 0 saturated carbocycles. The lowest BCUT2D eigenvalue weighted by atomic mass is 9.83. The van der Waals surface area contributed by atoms with Crippen molar-refractivity contribution in [1.82, 2.24) is 9.91 Å². The van der Waals surface area contributed by atoms with Gasteiger partial charge in [0.15, 0.2) is 0 Å². The predicted octanol–water partition coefficient (Wildman–Crippen LogP) is 4.98. The Morgan fingerprint density at radius 3 is 2.23 bits per heavy atom. The van der Waals surface area contributed by atoms with Crippen molar-refractivity contribution in [3.05, 3.63) is 75.3 Å². The first kappa shape index (κ1) is 17.6. The Kier molecular flexibility index (Phi) is 4.78. The van der Waals surface area contributed by atoms with Crippen molar-refractivity contribution in [1.29, 1.82) is 0 Å². The SMILES string of the molecule is CN1C/C(=C/c2ccc(Cl)cc2)C2=NN(C)C(c3ccc(Cl)cc3)C2C1. The summed E-state index contributed by atoms with van der Waals surface area (Å²) >= 11 is 12.1. The van der Waals surface area contributed by atoms with E-state index in [1.807, 2.05) is 24.3 Å². The summed E-state index contributed by atoms with van der Waals surface area (Å²) < 4.78 is 0. The van der Waals surface area contributed by atoms with E-state index in [4.69, 9.17) is 28.3 Å². The van der Waals surface area contributed by atoms with Gasteiger partial charge in [-0.05, 0) is 54.1 Å². The van der Waals surface area contributed by atoms with Gasteiger partial charge in [0, 0.05) is 36.1 Å². The Morgan fingerprint density at radius 1 is 0.962 bits per heavy atom. The Labute approximate surface area is 164 Å². The van der Waals surface area contributed by atoms with Crippen LogP contribution < -0.4 is 0 Å². The van der Waals surface area contributed by atoms with Crippen LogP contribution in [0.1, 0.15) is 17.2 Å². The van der Waals surface area contributed by atoms with Gasteiger partial charge in [-0.1, -0.05) is 47.5 Å². The summed E-state index contributed by atoms with van der Waals surface area (Å²) in [7, 11) is 4.23. The number of hydrogen-bond acceptors (Lipinski definition) is 3. The number of halogens is 2. The second-order valence-corrected chi connectivity index (χ2v) is 7.95. The van der Waals surface area contributed by atoms with Gasteiger partial charge in [0.2, 0.25) is 0 Å². The molecule has 0 aliphatic carbocycles. The van der Waals surface area contributed by atoms with E-state index >= 15 is 0 Å². The molecule has 1 saturated heterocycles. The van der Waals surface area contributed by atoms with Crippen molar-refractivity contribution in [2.24, 2.45) is 11.0 Å². The van der Waals surface area contributed by atoms with Crippen LogP contribution in [0.5, 0.6) is 0 Å². The van der Waals surface area contributed by atoms with Gasteiger partial charge in [-0.3, -0.25) is 5.01 Å². The van der Waals surface area contributed by atoms with Crippen LogP contribution in [0.4, 0.5) is 0 Å². The molecule has 5 heteroatoms. The lowest BCUT2D eigenvalue weighted by Crippen LogP contribution is -2.41. The van der Waals surface area contributed by atoms with Crippen LogP contribution in [0.25, 0.3) is 6.08 Å². The number of piperidine rings is 1. The van der Waals surface area contributed by atoms with Crippen LogP contribution in [0, 0.1) is 5.92 Å². The number of nitrogens with zero attached hydrogens (tertiary/aromatic N) is 3. The van der Waals surface area contributed by atoms with Crippen LogP contribution in [0.3, 0.4) is 0 Å². The molecule has 0 aromatic heterocycles. The zero-order valence-corrected chi connectivity index (χ0v) is 16.4. The van der Waals surface area contributed by atoms with E-state index in [-0.39, 0.29) is 6.04 Å². The van der Waals surface area contributed by atoms with Crippen LogP contribution in [0.15, 0.2) is 59.2 Å². The minimum atomic E-state index is 0.235. The second kappa shape index (κ2) is 7.07. The molecule has 26 heavy (non-hydrogen) atoms. The summed E-state index contributed by atoms with van der Waals surface area (Å²) in [6.07, 6.45) is 2.23. The third-order valence-electron chi connectivity index (χ3n) is 5.10. The lowest BCUT2D eigenvalue weighted by Gasteiger charge is -2.34. The van der Waals surface area contributed by atoms with Crippen molar-refractivity contribution in [2.45, 2.75) is 6.04 Å². The molecule has 2 unspecified atom stereocenters. The molecule has 134 valence electrons. The monoisotopic (exact) mass is 385 g/mol. The molecule has 2 aromatic carbocycles. The molecule has 2 aliphatic rings. The zero-order chi connectivity index (χ0) is 18.3. The van der Waals surface area contributed by atoms with Crippen LogP contribution in [-0.2, 0) is 0 Å². The molecule has 2 aromatic rings. The summed E-state index contributed by atoms with van der Waals surface area (Å²) in [4.78, 5) is 2.37. The largest absolute Gasteiger partial charge is 0.301 e. The van der Waals surface area contributed by atoms with Crippen molar-refractivity contribution in [3.63, 3.8) is 0 Å². The van der Waals surface area contributed by atoms with E-state index in [2.05, 4.69) is 54.3 Å². The standard InChI is InChI=1S/C21H21Cl2N3/c1-25-12-16(11-14-3-7-17(22)8-4-14)20-19(13-25)21(26(2)24-20)15-5-9-18(23)10-6-15/h3-11,19,21H,12-13H2,1-2H3/b16-11-. The van der Waals surface area contributed by atoms with Gasteiger partial charge in [-0.25, -0.2) is 0 Å². The molecule has 2 aliphatic heterocycles. The van der Waals surface area contributed by atoms with Crippen molar-refractivity contribution in [2.75, 3.05) is 27.2 Å². The fourth-order valence-electron chi connectivity index (χ4n) is 3.96. The maximum Gasteiger partial charge on any atom is 0.0813 e. The third kappa shape index (κ3) is 3.39. The molecule has 2 heterocycles. The zero-order valence-electron chi connectivity index (χ0n) is 14.9. The highest BCUT2D eigenvalue weighted by molar-refractivity contribution is 6.30. The first-order valence-corrected chi connectivity index (χ1v) is 9.49. The summed E-state index contributed by atoms with van der Waals surface area (Å²) in [6, 6.07) is 16.3. The number of hydrogen-bond donors (Lipinski definition) is 0. The van der Waals surface area contributed by atoms with Gasteiger partial charge < -0.3 is 4.90 Å². The van der Waals surface area contributed by atoms with Crippen molar-refractivity contribution in [3.8, 4) is 0 Å². The molecule has 0 radical (unpaired) electrons. The first-order chi connectivity index (χ1) is 12.5. The fraction of sp³-hybridized carbons (Fsp3) is 0.286. The van der Waals surface area contributed by atoms with Crippen LogP contribution >= 0.6 is 23.2 Å². The number of likely N-dealkylation sites (tertiary alicyclic amines) is 1. The minimum Gasteiger partial charge on any atom is -0.301 e. The van der Waals surface area contributed by atoms with Gasteiger partial charge in [-0.2, -0.15) is 5.10 Å². The molecular weight excluding hydrogens is 365 g/mol. The Bertz CT molecular complexity index is 856. The number of likely N-dealkylation sites (N-methyl/N-ethyl adjacent to an activating group) is 1. The predicted molar refractivity (Wildman–Crippen MR) is 110 cm³/mol. The molecule has 0 spiro atoms. The van der Waals surface area contributed by atoms with Gasteiger partial charge in [-0.15, -0.1) is 0 Å². The Balaban J connectivity index is 1.68. The highest BCUT2D eigenvalue weighted by Crippen LogP contribution is 2.39. The second-order valence-electron chi connectivity index (χ2n) is 7.08. The van der Waals surface area contributed by atoms with E-state index in [1.54, 1.807) is 0 Å². The normalized spacial score (nSPS) is 24.7. The summed E-state index contributed by atoms with van der Waals surface area (Å²) in [5, 5.41) is 8.53. The molecular formula is C21H21Cl2N3. The van der Waals surface area contributed by atoms with E-state index in [0.29, 0.717) is 5.92 Å². The highest BCUT2D eigenvalue weighted by atomic mass is 35.5. The average molecular weight is 386 g/mol. The van der Waals surface area contributed by atoms with Gasteiger partial charge in [0.05, 0.1) is 11.8 Å². The molecule has 3 nitrogen and oxygen atoms in total. The smallest absolute Gasteiger partial charge is 0.0813 e. The number of rotatable bonds is 2. The van der Waals surface area contributed by atoms with Crippen molar-refractivity contribution < 1.29 is 0 Å². The first-order valence-electron chi connectivity index (χ1n) is 8.73. The van der Waals surface area contributed by atoms with E-state index in [9.17, 15) is 0 Å². The average Bonchev–Trinajstić information content (AvgIpc) is 2.94. The molecule has 0 amide bonds. The number of fused-ring (bicyclic) bond motifs is 1.